The Morgan fingerprint density at radius 1 is 1.00 bits per heavy atom. The van der Waals surface area contributed by atoms with E-state index in [1.165, 1.54) is 32.2 Å². The molecule has 1 heterocycles. The number of amides is 1. The van der Waals surface area contributed by atoms with Gasteiger partial charge in [-0.05, 0) is 25.3 Å². The number of hydrogen-bond donors (Lipinski definition) is 1. The first kappa shape index (κ1) is 23.2. The minimum Gasteiger partial charge on any atom is -0.493 e. The normalized spacial score (nSPS) is 10.6. The van der Waals surface area contributed by atoms with Crippen LogP contribution in [0.2, 0.25) is 0 Å². The van der Waals surface area contributed by atoms with Crippen LogP contribution in [0, 0.1) is 0 Å². The Hall–Kier alpha value is -3.10. The van der Waals surface area contributed by atoms with Crippen LogP contribution in [-0.4, -0.2) is 49.3 Å². The Kier molecular flexibility index (Phi) is 9.11. The quantitative estimate of drug-likeness (QED) is 0.414. The number of nitrogens with zero attached hydrogens (tertiary/aromatic N) is 2. The van der Waals surface area contributed by atoms with Crippen molar-refractivity contribution >= 4 is 22.8 Å². The molecule has 30 heavy (non-hydrogen) atoms. The number of benzene rings is 1. The van der Waals surface area contributed by atoms with Crippen molar-refractivity contribution in [3.8, 4) is 11.5 Å². The number of esters is 1. The van der Waals surface area contributed by atoms with Crippen molar-refractivity contribution in [2.45, 2.75) is 45.1 Å². The Labute approximate surface area is 175 Å². The zero-order valence-corrected chi connectivity index (χ0v) is 17.7. The Morgan fingerprint density at radius 2 is 1.73 bits per heavy atom. The van der Waals surface area contributed by atoms with Crippen LogP contribution in [0.15, 0.2) is 23.3 Å². The van der Waals surface area contributed by atoms with Crippen LogP contribution in [0.3, 0.4) is 0 Å². The minimum absolute atomic E-state index is 0.0591. The summed E-state index contributed by atoms with van der Waals surface area (Å²) in [5, 5.41) is 3.29. The van der Waals surface area contributed by atoms with E-state index in [2.05, 4.69) is 15.0 Å². The van der Waals surface area contributed by atoms with Gasteiger partial charge in [-0.3, -0.25) is 19.0 Å². The van der Waals surface area contributed by atoms with Crippen molar-refractivity contribution in [3.63, 3.8) is 0 Å². The number of aromatic nitrogens is 2. The van der Waals surface area contributed by atoms with Crippen LogP contribution in [0.4, 0.5) is 0 Å². The highest BCUT2D eigenvalue weighted by Gasteiger charge is 2.11. The molecule has 1 aromatic heterocycles. The summed E-state index contributed by atoms with van der Waals surface area (Å²) in [7, 11) is 4.41. The highest BCUT2D eigenvalue weighted by Crippen LogP contribution is 2.29. The van der Waals surface area contributed by atoms with Crippen LogP contribution in [-0.2, 0) is 20.9 Å². The zero-order chi connectivity index (χ0) is 21.9. The lowest BCUT2D eigenvalue weighted by Gasteiger charge is -2.10. The molecule has 2 rings (SSSR count). The second-order valence-corrected chi connectivity index (χ2v) is 6.81. The number of fused-ring (bicyclic) bond motifs is 1. The second kappa shape index (κ2) is 11.8. The van der Waals surface area contributed by atoms with Crippen LogP contribution >= 0.6 is 0 Å². The summed E-state index contributed by atoms with van der Waals surface area (Å²) in [6, 6.07) is 3.28. The van der Waals surface area contributed by atoms with Gasteiger partial charge < -0.3 is 19.5 Å². The SMILES string of the molecule is COC(=O)CCCCCNC(=O)CCCn1cnc2cc(OC)c(OC)cc2c1=O. The van der Waals surface area contributed by atoms with E-state index in [1.54, 1.807) is 12.1 Å². The molecule has 9 nitrogen and oxygen atoms in total. The van der Waals surface area contributed by atoms with Crippen molar-refractivity contribution < 1.29 is 23.8 Å². The molecule has 0 unspecified atom stereocenters. The van der Waals surface area contributed by atoms with Crippen molar-refractivity contribution in [3.05, 3.63) is 28.8 Å². The first-order chi connectivity index (χ1) is 14.5. The molecular formula is C21H29N3O6. The summed E-state index contributed by atoms with van der Waals surface area (Å²) < 4.78 is 16.6. The molecule has 0 spiro atoms. The third kappa shape index (κ3) is 6.47. The fraction of sp³-hybridized carbons (Fsp3) is 0.524. The third-order valence-electron chi connectivity index (χ3n) is 4.74. The summed E-state index contributed by atoms with van der Waals surface area (Å²) in [6.45, 7) is 0.960. The molecule has 2 aromatic rings. The highest BCUT2D eigenvalue weighted by atomic mass is 16.5. The maximum Gasteiger partial charge on any atom is 0.305 e. The maximum absolute atomic E-state index is 12.7. The number of aryl methyl sites for hydroxylation is 1. The van der Waals surface area contributed by atoms with E-state index in [-0.39, 0.29) is 17.4 Å². The molecule has 164 valence electrons. The largest absolute Gasteiger partial charge is 0.493 e. The van der Waals surface area contributed by atoms with Gasteiger partial charge in [0.2, 0.25) is 5.91 Å². The van der Waals surface area contributed by atoms with Crippen molar-refractivity contribution in [1.29, 1.82) is 0 Å². The molecule has 0 atom stereocenters. The van der Waals surface area contributed by atoms with Gasteiger partial charge in [0.15, 0.2) is 11.5 Å². The average molecular weight is 419 g/mol. The standard InChI is InChI=1S/C21H29N3O6/c1-28-17-12-15-16(13-18(17)29-2)23-14-24(21(15)27)11-7-8-19(25)22-10-6-4-5-9-20(26)30-3/h12-14H,4-11H2,1-3H3,(H,22,25). The maximum atomic E-state index is 12.7. The lowest BCUT2D eigenvalue weighted by atomic mass is 10.2. The number of carbonyl (C=O) groups excluding carboxylic acids is 2. The highest BCUT2D eigenvalue weighted by molar-refractivity contribution is 5.81. The van der Waals surface area contributed by atoms with Crippen molar-refractivity contribution in [2.24, 2.45) is 0 Å². The molecule has 0 aliphatic carbocycles. The predicted octanol–water partition coefficient (Wildman–Crippen LogP) is 2.04. The average Bonchev–Trinajstić information content (AvgIpc) is 2.76. The zero-order valence-electron chi connectivity index (χ0n) is 17.7. The lowest BCUT2D eigenvalue weighted by molar-refractivity contribution is -0.140. The molecule has 0 fully saturated rings. The first-order valence-electron chi connectivity index (χ1n) is 9.94. The lowest BCUT2D eigenvalue weighted by Crippen LogP contribution is -2.26. The number of carbonyl (C=O) groups is 2. The van der Waals surface area contributed by atoms with E-state index in [0.29, 0.717) is 54.8 Å². The molecule has 0 aliphatic heterocycles. The number of rotatable bonds is 12. The van der Waals surface area contributed by atoms with Crippen molar-refractivity contribution in [1.82, 2.24) is 14.9 Å². The van der Waals surface area contributed by atoms with Crippen LogP contribution in [0.5, 0.6) is 11.5 Å². The van der Waals surface area contributed by atoms with E-state index in [4.69, 9.17) is 9.47 Å². The molecule has 9 heteroatoms. The third-order valence-corrected chi connectivity index (χ3v) is 4.74. The number of ether oxygens (including phenoxy) is 3. The molecule has 0 radical (unpaired) electrons. The van der Waals surface area contributed by atoms with Gasteiger partial charge in [-0.25, -0.2) is 4.98 Å². The van der Waals surface area contributed by atoms with E-state index < -0.39 is 0 Å². The van der Waals surface area contributed by atoms with Crippen LogP contribution in [0.25, 0.3) is 10.9 Å². The predicted molar refractivity (Wildman–Crippen MR) is 112 cm³/mol. The van der Waals surface area contributed by atoms with E-state index >= 15 is 0 Å². The molecule has 0 saturated heterocycles. The van der Waals surface area contributed by atoms with E-state index in [1.807, 2.05) is 0 Å². The minimum atomic E-state index is -0.213. The molecule has 1 aromatic carbocycles. The van der Waals surface area contributed by atoms with Gasteiger partial charge in [-0.15, -0.1) is 0 Å². The molecule has 0 bridgehead atoms. The summed E-state index contributed by atoms with van der Waals surface area (Å²) >= 11 is 0. The Bertz CT molecular complexity index is 925. The summed E-state index contributed by atoms with van der Waals surface area (Å²) in [5.74, 6) is 0.704. The molecule has 1 amide bonds. The fourth-order valence-electron chi connectivity index (χ4n) is 3.04. The molecule has 0 saturated carbocycles. The monoisotopic (exact) mass is 419 g/mol. The summed E-state index contributed by atoms with van der Waals surface area (Å²) in [4.78, 5) is 40.0. The van der Waals surface area contributed by atoms with Gasteiger partial charge in [0.25, 0.3) is 5.56 Å². The topological polar surface area (TPSA) is 109 Å². The van der Waals surface area contributed by atoms with Gasteiger partial charge in [0.05, 0.1) is 38.6 Å². The number of unbranched alkanes of at least 4 members (excludes halogenated alkanes) is 2. The van der Waals surface area contributed by atoms with Crippen molar-refractivity contribution in [2.75, 3.05) is 27.9 Å². The second-order valence-electron chi connectivity index (χ2n) is 6.81. The summed E-state index contributed by atoms with van der Waals surface area (Å²) in [6.07, 6.45) is 5.13. The van der Waals surface area contributed by atoms with Gasteiger partial charge >= 0.3 is 5.97 Å². The first-order valence-corrected chi connectivity index (χ1v) is 9.94. The van der Waals surface area contributed by atoms with Gasteiger partial charge in [0.1, 0.15) is 0 Å². The van der Waals surface area contributed by atoms with Gasteiger partial charge in [-0.1, -0.05) is 6.42 Å². The van der Waals surface area contributed by atoms with Crippen LogP contribution in [0.1, 0.15) is 38.5 Å². The molecule has 1 N–H and O–H groups in total. The smallest absolute Gasteiger partial charge is 0.305 e. The molecular weight excluding hydrogens is 390 g/mol. The van der Waals surface area contributed by atoms with Gasteiger partial charge in [0, 0.05) is 32.0 Å². The van der Waals surface area contributed by atoms with Crippen LogP contribution < -0.4 is 20.3 Å². The van der Waals surface area contributed by atoms with Gasteiger partial charge in [-0.2, -0.15) is 0 Å². The fourth-order valence-corrected chi connectivity index (χ4v) is 3.04. The van der Waals surface area contributed by atoms with E-state index in [0.717, 1.165) is 19.3 Å². The Balaban J connectivity index is 1.80. The summed E-state index contributed by atoms with van der Waals surface area (Å²) in [5.41, 5.74) is 0.339. The molecule has 0 aliphatic rings. The van der Waals surface area contributed by atoms with E-state index in [9.17, 15) is 14.4 Å². The number of methoxy groups -OCH3 is 3. The Morgan fingerprint density at radius 3 is 2.43 bits per heavy atom. The number of hydrogen-bond acceptors (Lipinski definition) is 7. The number of nitrogens with one attached hydrogen (secondary N) is 1.